The molecule has 352 valence electrons. The first-order chi connectivity index (χ1) is 32.3. The van der Waals surface area contributed by atoms with Crippen molar-refractivity contribution in [2.45, 2.75) is 88.6 Å². The number of aliphatic hydroxyl groups is 2. The number of hydrogen-bond acceptors (Lipinski definition) is 12. The van der Waals surface area contributed by atoms with Crippen molar-refractivity contribution < 1.29 is 48.3 Å². The normalized spacial score (nSPS) is 19.6. The van der Waals surface area contributed by atoms with Crippen molar-refractivity contribution in [1.82, 2.24) is 0 Å². The molecule has 12 heteroatoms. The van der Waals surface area contributed by atoms with Crippen LogP contribution in [0.5, 0.6) is 11.5 Å². The van der Waals surface area contributed by atoms with Gasteiger partial charge in [0.15, 0.2) is 11.6 Å². The second-order valence-corrected chi connectivity index (χ2v) is 17.5. The van der Waals surface area contributed by atoms with E-state index in [9.17, 15) is 29.4 Å². The number of carbonyl (C=O) groups excluding carboxylic acids is 4. The van der Waals surface area contributed by atoms with Crippen molar-refractivity contribution in [2.24, 2.45) is 17.3 Å². The van der Waals surface area contributed by atoms with Gasteiger partial charge in [-0.3, -0.25) is 19.2 Å². The zero-order valence-electron chi connectivity index (χ0n) is 37.9. The number of nitrogen functional groups attached to an aromatic ring is 2. The number of nitrogens with two attached hydrogens (primary N) is 2. The summed E-state index contributed by atoms with van der Waals surface area (Å²) in [4.78, 5) is 54.2. The van der Waals surface area contributed by atoms with E-state index in [4.69, 9.17) is 30.4 Å². The van der Waals surface area contributed by atoms with E-state index in [0.717, 1.165) is 25.7 Å². The Kier molecular flexibility index (Phi) is 18.2. The molecule has 2 atom stereocenters. The van der Waals surface area contributed by atoms with Gasteiger partial charge >= 0.3 is 11.9 Å². The lowest BCUT2D eigenvalue weighted by Crippen LogP contribution is -2.54. The molecule has 0 amide bonds. The van der Waals surface area contributed by atoms with Crippen molar-refractivity contribution >= 4 is 47.0 Å². The molecule has 6 N–H and O–H groups in total. The van der Waals surface area contributed by atoms with E-state index in [1.165, 1.54) is 24.3 Å². The molecular weight excluding hydrogens is 849 g/mol. The number of ether oxygens (including phenoxy) is 4. The Morgan fingerprint density at radius 1 is 0.552 bits per heavy atom. The highest BCUT2D eigenvalue weighted by atomic mass is 16.5. The number of anilines is 2. The lowest BCUT2D eigenvalue weighted by atomic mass is 9.66. The maximum absolute atomic E-state index is 14.1. The van der Waals surface area contributed by atoms with Gasteiger partial charge in [-0.2, -0.15) is 0 Å². The Hall–Kier alpha value is -6.44. The SMILES string of the molecule is C=CCOC1CCC(C(=O)Oc2ccc(/C=C/C(=O)C(O)C(Cc3ccc(N)cc3)(Cc3ccc(N)cc3)C(O)C(=O)/C=C/c3ccc(OC(=O)C4CCC(OCC=C)CC4)cc3)cc2)CC1. The van der Waals surface area contributed by atoms with Crippen molar-refractivity contribution in [3.63, 3.8) is 0 Å². The zero-order valence-corrected chi connectivity index (χ0v) is 37.9. The molecule has 0 bridgehead atoms. The predicted octanol–water partition coefficient (Wildman–Crippen LogP) is 8.24. The largest absolute Gasteiger partial charge is 0.426 e. The van der Waals surface area contributed by atoms with E-state index < -0.39 is 29.2 Å². The highest BCUT2D eigenvalue weighted by molar-refractivity contribution is 6.01. The molecule has 6 rings (SSSR count). The van der Waals surface area contributed by atoms with Crippen molar-refractivity contribution in [3.05, 3.63) is 157 Å². The summed E-state index contributed by atoms with van der Waals surface area (Å²) in [5.74, 6) is -1.84. The molecule has 4 aromatic carbocycles. The molecule has 0 heterocycles. The molecule has 2 unspecified atom stereocenters. The van der Waals surface area contributed by atoms with Crippen molar-refractivity contribution in [3.8, 4) is 11.5 Å². The highest BCUT2D eigenvalue weighted by Crippen LogP contribution is 2.38. The van der Waals surface area contributed by atoms with Crippen LogP contribution in [0.25, 0.3) is 12.2 Å². The Morgan fingerprint density at radius 2 is 0.896 bits per heavy atom. The molecule has 12 nitrogen and oxygen atoms in total. The summed E-state index contributed by atoms with van der Waals surface area (Å²) in [6.07, 6.45) is 10.9. The molecule has 0 spiro atoms. The van der Waals surface area contributed by atoms with Gasteiger partial charge in [0.1, 0.15) is 23.7 Å². The fourth-order valence-corrected chi connectivity index (χ4v) is 8.77. The Balaban J connectivity index is 1.17. The summed E-state index contributed by atoms with van der Waals surface area (Å²) in [5, 5.41) is 24.4. The van der Waals surface area contributed by atoms with Crippen molar-refractivity contribution in [1.29, 1.82) is 0 Å². The summed E-state index contributed by atoms with van der Waals surface area (Å²) < 4.78 is 22.8. The van der Waals surface area contributed by atoms with Crippen LogP contribution in [-0.4, -0.2) is 71.3 Å². The standard InChI is InChI=1S/C55H62N2O10/c1-3-33-64-45-27-15-41(16-28-45)53(62)66-47-23-9-37(10-24-47)13-31-49(58)51(60)55(35-39-5-19-43(56)20-6-39,36-40-7-21-44(57)22-8-40)52(61)50(59)32-14-38-11-25-48(26-12-38)67-54(63)42-17-29-46(30-18-42)65-34-4-2/h3-14,19-26,31-32,41-42,45-46,51-52,60-61H,1-2,15-18,27-30,33-36,56-57H2/b31-13+,32-14+. The average molecular weight is 911 g/mol. The van der Waals surface area contributed by atoms with Gasteiger partial charge in [0.25, 0.3) is 0 Å². The maximum Gasteiger partial charge on any atom is 0.314 e. The first-order valence-corrected chi connectivity index (χ1v) is 22.9. The van der Waals surface area contributed by atoms with Gasteiger partial charge in [0.05, 0.1) is 37.3 Å². The monoisotopic (exact) mass is 910 g/mol. The highest BCUT2D eigenvalue weighted by Gasteiger charge is 2.49. The average Bonchev–Trinajstić information content (AvgIpc) is 3.35. The van der Waals surface area contributed by atoms with Crippen LogP contribution in [0.4, 0.5) is 11.4 Å². The molecule has 4 aromatic rings. The fourth-order valence-electron chi connectivity index (χ4n) is 8.77. The topological polar surface area (TPSA) is 198 Å². The van der Waals surface area contributed by atoms with Crippen LogP contribution < -0.4 is 20.9 Å². The van der Waals surface area contributed by atoms with E-state index >= 15 is 0 Å². The van der Waals surface area contributed by atoms with E-state index in [0.29, 0.717) is 84.0 Å². The third-order valence-corrected chi connectivity index (χ3v) is 12.6. The van der Waals surface area contributed by atoms with Gasteiger partial charge in [-0.15, -0.1) is 13.2 Å². The van der Waals surface area contributed by atoms with E-state index in [-0.39, 0.29) is 48.8 Å². The van der Waals surface area contributed by atoms with Crippen LogP contribution in [-0.2, 0) is 41.5 Å². The van der Waals surface area contributed by atoms with Gasteiger partial charge in [-0.05, 0) is 147 Å². The van der Waals surface area contributed by atoms with Gasteiger partial charge in [-0.1, -0.05) is 72.8 Å². The third kappa shape index (κ3) is 14.3. The van der Waals surface area contributed by atoms with Crippen molar-refractivity contribution in [2.75, 3.05) is 24.7 Å². The van der Waals surface area contributed by atoms with E-state index in [2.05, 4.69) is 13.2 Å². The zero-order chi connectivity index (χ0) is 47.8. The summed E-state index contributed by atoms with van der Waals surface area (Å²) >= 11 is 0. The summed E-state index contributed by atoms with van der Waals surface area (Å²) in [7, 11) is 0. The Labute approximate surface area is 393 Å². The number of ketones is 2. The van der Waals surface area contributed by atoms with Crippen LogP contribution in [0.3, 0.4) is 0 Å². The van der Waals surface area contributed by atoms with Gasteiger partial charge in [0, 0.05) is 16.8 Å². The van der Waals surface area contributed by atoms with Crippen LogP contribution in [0.1, 0.15) is 73.6 Å². The molecule has 67 heavy (non-hydrogen) atoms. The fraction of sp³-hybridized carbons (Fsp3) is 0.345. The molecule has 0 aromatic heterocycles. The number of aliphatic hydroxyl groups excluding tert-OH is 2. The first-order valence-electron chi connectivity index (χ1n) is 22.9. The first kappa shape index (κ1) is 50.0. The van der Waals surface area contributed by atoms with Crippen LogP contribution in [0.15, 0.2) is 135 Å². The minimum atomic E-state index is -1.88. The number of esters is 2. The predicted molar refractivity (Wildman–Crippen MR) is 260 cm³/mol. The Morgan fingerprint density at radius 3 is 1.22 bits per heavy atom. The molecule has 2 aliphatic carbocycles. The third-order valence-electron chi connectivity index (χ3n) is 12.6. The Bertz CT molecular complexity index is 2170. The molecular formula is C55H62N2O10. The number of carbonyl (C=O) groups is 4. The number of benzene rings is 4. The second-order valence-electron chi connectivity index (χ2n) is 17.5. The molecule has 0 aliphatic heterocycles. The molecule has 2 fully saturated rings. The second kappa shape index (κ2) is 24.4. The number of hydrogen-bond donors (Lipinski definition) is 4. The van der Waals surface area contributed by atoms with Gasteiger partial charge in [-0.25, -0.2) is 0 Å². The summed E-state index contributed by atoms with van der Waals surface area (Å²) in [5.41, 5.74) is 13.6. The summed E-state index contributed by atoms with van der Waals surface area (Å²) in [6, 6.07) is 26.8. The smallest absolute Gasteiger partial charge is 0.314 e. The van der Waals surface area contributed by atoms with E-state index in [1.54, 1.807) is 109 Å². The number of rotatable bonds is 22. The lowest BCUT2D eigenvalue weighted by Gasteiger charge is -2.40. The lowest BCUT2D eigenvalue weighted by molar-refractivity contribution is -0.146. The molecule has 2 aliphatic rings. The molecule has 0 radical (unpaired) electrons. The van der Waals surface area contributed by atoms with Gasteiger partial charge < -0.3 is 40.6 Å². The van der Waals surface area contributed by atoms with E-state index in [1.807, 2.05) is 0 Å². The van der Waals surface area contributed by atoms with Gasteiger partial charge in [0.2, 0.25) is 0 Å². The van der Waals surface area contributed by atoms with Crippen LogP contribution >= 0.6 is 0 Å². The molecule has 0 saturated heterocycles. The van der Waals surface area contributed by atoms with Crippen LogP contribution in [0.2, 0.25) is 0 Å². The van der Waals surface area contributed by atoms with Crippen LogP contribution in [0, 0.1) is 17.3 Å². The summed E-state index contributed by atoms with van der Waals surface area (Å²) in [6.45, 7) is 8.33. The quantitative estimate of drug-likeness (QED) is 0.0194. The molecule has 2 saturated carbocycles. The minimum Gasteiger partial charge on any atom is -0.426 e. The minimum absolute atomic E-state index is 0.0910. The maximum atomic E-state index is 14.1.